The normalized spacial score (nSPS) is 9.86. The predicted octanol–water partition coefficient (Wildman–Crippen LogP) is 4.06. The molecule has 0 spiro atoms. The van der Waals surface area contributed by atoms with E-state index in [1.165, 1.54) is 4.90 Å². The van der Waals surface area contributed by atoms with Crippen molar-refractivity contribution in [3.8, 4) is 17.6 Å². The van der Waals surface area contributed by atoms with Crippen molar-refractivity contribution in [3.63, 3.8) is 0 Å². The van der Waals surface area contributed by atoms with Gasteiger partial charge >= 0.3 is 0 Å². The second kappa shape index (κ2) is 8.14. The summed E-state index contributed by atoms with van der Waals surface area (Å²) in [6, 6.07) is 14.2. The van der Waals surface area contributed by atoms with Crippen LogP contribution in [0.1, 0.15) is 11.1 Å². The number of hydrogen-bond acceptors (Lipinski definition) is 3. The van der Waals surface area contributed by atoms with Gasteiger partial charge in [-0.15, -0.1) is 11.8 Å². The summed E-state index contributed by atoms with van der Waals surface area (Å²) in [7, 11) is 1.67. The molecule has 0 aliphatic carbocycles. The van der Waals surface area contributed by atoms with Crippen molar-refractivity contribution in [1.82, 2.24) is 0 Å². The predicted molar refractivity (Wildman–Crippen MR) is 92.6 cm³/mol. The van der Waals surface area contributed by atoms with Crippen molar-refractivity contribution >= 4 is 27.7 Å². The van der Waals surface area contributed by atoms with Crippen LogP contribution in [0.4, 0.5) is 0 Å². The van der Waals surface area contributed by atoms with Crippen LogP contribution < -0.4 is 10.5 Å². The van der Waals surface area contributed by atoms with Crippen LogP contribution in [0.15, 0.2) is 51.8 Å². The number of ether oxygens (including phenoxy) is 1. The van der Waals surface area contributed by atoms with Gasteiger partial charge in [0.2, 0.25) is 0 Å². The molecule has 21 heavy (non-hydrogen) atoms. The summed E-state index contributed by atoms with van der Waals surface area (Å²) in [6.07, 6.45) is 0. The molecular weight excluding hydrogens is 346 g/mol. The van der Waals surface area contributed by atoms with E-state index in [0.29, 0.717) is 6.54 Å². The minimum absolute atomic E-state index is 0.365. The third kappa shape index (κ3) is 4.82. The number of nitrogens with two attached hydrogens (primary N) is 1. The van der Waals surface area contributed by atoms with Crippen LogP contribution in [0.2, 0.25) is 0 Å². The molecule has 108 valence electrons. The fourth-order valence-corrected chi connectivity index (χ4v) is 3.30. The van der Waals surface area contributed by atoms with Crippen molar-refractivity contribution in [2.75, 3.05) is 13.7 Å². The van der Waals surface area contributed by atoms with Crippen molar-refractivity contribution < 1.29 is 4.74 Å². The van der Waals surface area contributed by atoms with Gasteiger partial charge in [-0.05, 0) is 42.0 Å². The molecule has 2 aromatic carbocycles. The van der Waals surface area contributed by atoms with Gasteiger partial charge in [0, 0.05) is 20.7 Å². The molecule has 4 heteroatoms. The van der Waals surface area contributed by atoms with Crippen molar-refractivity contribution in [1.29, 1.82) is 0 Å². The fourth-order valence-electron chi connectivity index (χ4n) is 1.80. The number of hydrogen-bond donors (Lipinski definition) is 1. The van der Waals surface area contributed by atoms with E-state index in [-0.39, 0.29) is 0 Å². The molecule has 0 aromatic heterocycles. The molecule has 0 heterocycles. The van der Waals surface area contributed by atoms with E-state index in [4.69, 9.17) is 10.5 Å². The van der Waals surface area contributed by atoms with Crippen molar-refractivity contribution in [2.24, 2.45) is 5.73 Å². The van der Waals surface area contributed by atoms with Gasteiger partial charge < -0.3 is 10.5 Å². The average Bonchev–Trinajstić information content (AvgIpc) is 2.51. The highest BCUT2D eigenvalue weighted by Crippen LogP contribution is 2.28. The van der Waals surface area contributed by atoms with Crippen LogP contribution in [-0.2, 0) is 5.75 Å². The molecule has 0 amide bonds. The molecule has 0 fully saturated rings. The highest BCUT2D eigenvalue weighted by Gasteiger charge is 2.04. The smallest absolute Gasteiger partial charge is 0.119 e. The Hall–Kier alpha value is -1.41. The van der Waals surface area contributed by atoms with Crippen LogP contribution in [0, 0.1) is 11.8 Å². The summed E-state index contributed by atoms with van der Waals surface area (Å²) in [5.41, 5.74) is 7.61. The topological polar surface area (TPSA) is 35.2 Å². The average molecular weight is 362 g/mol. The number of methoxy groups -OCH3 is 1. The Labute approximate surface area is 138 Å². The second-order valence-electron chi connectivity index (χ2n) is 4.28. The van der Waals surface area contributed by atoms with E-state index < -0.39 is 0 Å². The van der Waals surface area contributed by atoms with E-state index in [2.05, 4.69) is 39.9 Å². The largest absolute Gasteiger partial charge is 0.497 e. The maximum absolute atomic E-state index is 5.46. The van der Waals surface area contributed by atoms with Gasteiger partial charge in [-0.2, -0.15) is 0 Å². The highest BCUT2D eigenvalue weighted by molar-refractivity contribution is 9.10. The monoisotopic (exact) mass is 361 g/mol. The maximum Gasteiger partial charge on any atom is 0.119 e. The Morgan fingerprint density at radius 1 is 1.24 bits per heavy atom. The van der Waals surface area contributed by atoms with E-state index in [9.17, 15) is 0 Å². The van der Waals surface area contributed by atoms with E-state index >= 15 is 0 Å². The third-order valence-corrected chi connectivity index (χ3v) is 4.36. The maximum atomic E-state index is 5.46. The molecule has 2 rings (SSSR count). The molecule has 2 aromatic rings. The number of thioether (sulfide) groups is 1. The van der Waals surface area contributed by atoms with Crippen LogP contribution in [0.5, 0.6) is 5.75 Å². The van der Waals surface area contributed by atoms with Gasteiger partial charge in [0.1, 0.15) is 5.75 Å². The first-order valence-electron chi connectivity index (χ1n) is 6.47. The minimum Gasteiger partial charge on any atom is -0.497 e. The summed E-state index contributed by atoms with van der Waals surface area (Å²) in [5.74, 6) is 7.71. The van der Waals surface area contributed by atoms with E-state index in [1.54, 1.807) is 18.9 Å². The van der Waals surface area contributed by atoms with Crippen LogP contribution in [0.25, 0.3) is 0 Å². The van der Waals surface area contributed by atoms with E-state index in [0.717, 1.165) is 27.1 Å². The number of benzene rings is 2. The molecule has 0 saturated carbocycles. The fraction of sp³-hybridized carbons (Fsp3) is 0.176. The summed E-state index contributed by atoms with van der Waals surface area (Å²) in [4.78, 5) is 1.21. The van der Waals surface area contributed by atoms with Gasteiger partial charge in [-0.25, -0.2) is 0 Å². The molecule has 0 radical (unpaired) electrons. The standard InChI is InChI=1S/C17H16BrNOS/c1-20-16-8-7-13(4-3-9-19)14(10-16)12-21-17-6-2-5-15(18)11-17/h2,5-8,10-11H,9,12,19H2,1H3. The van der Waals surface area contributed by atoms with Gasteiger partial charge in [0.25, 0.3) is 0 Å². The van der Waals surface area contributed by atoms with Crippen LogP contribution in [0.3, 0.4) is 0 Å². The van der Waals surface area contributed by atoms with E-state index in [1.807, 2.05) is 30.3 Å². The van der Waals surface area contributed by atoms with Gasteiger partial charge in [0.15, 0.2) is 0 Å². The summed E-state index contributed by atoms with van der Waals surface area (Å²) in [5, 5.41) is 0. The van der Waals surface area contributed by atoms with Gasteiger partial charge in [-0.3, -0.25) is 0 Å². The first kappa shape index (κ1) is 16.0. The second-order valence-corrected chi connectivity index (χ2v) is 6.24. The molecule has 0 unspecified atom stereocenters. The van der Waals surface area contributed by atoms with Gasteiger partial charge in [0.05, 0.1) is 13.7 Å². The summed E-state index contributed by atoms with van der Waals surface area (Å²) >= 11 is 5.26. The lowest BCUT2D eigenvalue weighted by molar-refractivity contribution is 0.414. The summed E-state index contributed by atoms with van der Waals surface area (Å²) < 4.78 is 6.38. The lowest BCUT2D eigenvalue weighted by Crippen LogP contribution is -1.95. The van der Waals surface area contributed by atoms with Crippen molar-refractivity contribution in [2.45, 2.75) is 10.6 Å². The van der Waals surface area contributed by atoms with Gasteiger partial charge in [-0.1, -0.05) is 33.8 Å². The molecule has 0 aliphatic heterocycles. The molecular formula is C17H16BrNOS. The quantitative estimate of drug-likeness (QED) is 0.658. The minimum atomic E-state index is 0.365. The molecule has 0 aliphatic rings. The number of halogens is 1. The molecule has 0 bridgehead atoms. The third-order valence-electron chi connectivity index (χ3n) is 2.83. The first-order chi connectivity index (χ1) is 10.2. The highest BCUT2D eigenvalue weighted by atomic mass is 79.9. The molecule has 2 N–H and O–H groups in total. The molecule has 0 saturated heterocycles. The Bertz CT molecular complexity index is 676. The number of rotatable bonds is 4. The van der Waals surface area contributed by atoms with Crippen LogP contribution >= 0.6 is 27.7 Å². The van der Waals surface area contributed by atoms with Crippen molar-refractivity contribution in [3.05, 3.63) is 58.1 Å². The SMILES string of the molecule is COc1ccc(C#CCN)c(CSc2cccc(Br)c2)c1. The zero-order valence-electron chi connectivity index (χ0n) is 11.7. The zero-order chi connectivity index (χ0) is 15.1. The van der Waals surface area contributed by atoms with Crippen LogP contribution in [-0.4, -0.2) is 13.7 Å². The molecule has 0 atom stereocenters. The lowest BCUT2D eigenvalue weighted by atomic mass is 10.1. The summed E-state index contributed by atoms with van der Waals surface area (Å²) in [6.45, 7) is 0.365. The zero-order valence-corrected chi connectivity index (χ0v) is 14.1. The Morgan fingerprint density at radius 3 is 2.81 bits per heavy atom. The first-order valence-corrected chi connectivity index (χ1v) is 8.25. The Balaban J connectivity index is 2.20. The lowest BCUT2D eigenvalue weighted by Gasteiger charge is -2.08. The Morgan fingerprint density at radius 2 is 2.10 bits per heavy atom. The Kier molecular flexibility index (Phi) is 6.19. The molecule has 2 nitrogen and oxygen atoms in total.